The van der Waals surface area contributed by atoms with Crippen LogP contribution >= 0.6 is 0 Å². The van der Waals surface area contributed by atoms with Crippen molar-refractivity contribution in [2.75, 3.05) is 0 Å². The van der Waals surface area contributed by atoms with Crippen LogP contribution in [0.15, 0.2) is 41.3 Å². The molecule has 158 valence electrons. The minimum Gasteiger partial charge on any atom is -0.393 e. The minimum atomic E-state index is -0.876. The van der Waals surface area contributed by atoms with Gasteiger partial charge in [0.05, 0.1) is 31.0 Å². The molecule has 3 aromatic rings. The first-order valence-electron chi connectivity index (χ1n) is 9.38. The van der Waals surface area contributed by atoms with Crippen LogP contribution in [-0.4, -0.2) is 27.1 Å². The van der Waals surface area contributed by atoms with Gasteiger partial charge in [-0.3, -0.25) is 14.6 Å². The highest BCUT2D eigenvalue weighted by Crippen LogP contribution is 2.16. The lowest BCUT2D eigenvalue weighted by molar-refractivity contribution is -0.120. The lowest BCUT2D eigenvalue weighted by atomic mass is 9.97. The largest absolute Gasteiger partial charge is 0.393 e. The Morgan fingerprint density at radius 1 is 1.17 bits per heavy atom. The molecule has 0 saturated heterocycles. The lowest BCUT2D eigenvalue weighted by Gasteiger charge is -2.17. The van der Waals surface area contributed by atoms with Gasteiger partial charge in [-0.25, -0.2) is 13.2 Å². The van der Waals surface area contributed by atoms with E-state index >= 15 is 0 Å². The molecule has 1 fully saturated rings. The van der Waals surface area contributed by atoms with Gasteiger partial charge in [0.15, 0.2) is 0 Å². The molecule has 1 saturated carbocycles. The number of amides is 1. The van der Waals surface area contributed by atoms with Crippen LogP contribution in [0.3, 0.4) is 0 Å². The van der Waals surface area contributed by atoms with Gasteiger partial charge < -0.3 is 15.4 Å². The predicted molar refractivity (Wildman–Crippen MR) is 104 cm³/mol. The van der Waals surface area contributed by atoms with Crippen LogP contribution in [0.1, 0.15) is 30.5 Å². The Morgan fingerprint density at radius 3 is 2.53 bits per heavy atom. The van der Waals surface area contributed by atoms with E-state index in [-0.39, 0.29) is 30.3 Å². The third-order valence-corrected chi connectivity index (χ3v) is 4.65. The summed E-state index contributed by atoms with van der Waals surface area (Å²) in [6.45, 7) is -0.245. The second kappa shape index (κ2) is 9.53. The van der Waals surface area contributed by atoms with Crippen molar-refractivity contribution in [3.05, 3.63) is 75.6 Å². The first-order chi connectivity index (χ1) is 14.3. The molecule has 4 rings (SSSR count). The van der Waals surface area contributed by atoms with Crippen molar-refractivity contribution >= 4 is 16.8 Å². The third kappa shape index (κ3) is 5.66. The van der Waals surface area contributed by atoms with Crippen LogP contribution < -0.4 is 10.9 Å². The van der Waals surface area contributed by atoms with E-state index in [2.05, 4.69) is 15.3 Å². The van der Waals surface area contributed by atoms with Crippen molar-refractivity contribution in [1.29, 1.82) is 0 Å². The Balaban J connectivity index is 0.000000448. The summed E-state index contributed by atoms with van der Waals surface area (Å²) < 4.78 is 39.5. The monoisotopic (exact) mass is 419 g/mol. The van der Waals surface area contributed by atoms with Gasteiger partial charge in [-0.15, -0.1) is 0 Å². The fraction of sp³-hybridized carbons (Fsp3) is 0.286. The SMILES string of the molecule is O=C(Cc1cc2cc(F)ccc2[nH]c1=O)NCc1ncc(F)cc1F.OC1CCC1. The van der Waals surface area contributed by atoms with Crippen LogP contribution in [0.25, 0.3) is 10.9 Å². The zero-order valence-electron chi connectivity index (χ0n) is 15.9. The minimum absolute atomic E-state index is 0.0648. The van der Waals surface area contributed by atoms with E-state index in [0.717, 1.165) is 19.0 Å². The number of carbonyl (C=O) groups is 1. The van der Waals surface area contributed by atoms with E-state index in [4.69, 9.17) is 5.11 Å². The maximum atomic E-state index is 13.5. The van der Waals surface area contributed by atoms with Crippen LogP contribution in [0.4, 0.5) is 13.2 Å². The Kier molecular flexibility index (Phi) is 6.83. The van der Waals surface area contributed by atoms with Gasteiger partial charge in [0.25, 0.3) is 5.56 Å². The number of aliphatic hydroxyl groups excluding tert-OH is 1. The van der Waals surface area contributed by atoms with Crippen molar-refractivity contribution < 1.29 is 23.1 Å². The number of aromatic nitrogens is 2. The van der Waals surface area contributed by atoms with Gasteiger partial charge in [0.1, 0.15) is 17.5 Å². The number of hydrogen-bond donors (Lipinski definition) is 3. The van der Waals surface area contributed by atoms with Gasteiger partial charge in [-0.05, 0) is 43.5 Å². The molecule has 0 unspecified atom stereocenters. The van der Waals surface area contributed by atoms with Gasteiger partial charge in [0.2, 0.25) is 5.91 Å². The summed E-state index contributed by atoms with van der Waals surface area (Å²) in [4.78, 5) is 30.0. The summed E-state index contributed by atoms with van der Waals surface area (Å²) in [5, 5.41) is 11.3. The number of fused-ring (bicyclic) bond motifs is 1. The normalized spacial score (nSPS) is 13.3. The quantitative estimate of drug-likeness (QED) is 0.606. The Labute approximate surface area is 169 Å². The standard InChI is InChI=1S/C17H12F3N3O2.C4H8O/c18-11-1-2-14-9(4-11)3-10(17(25)23-14)5-16(24)22-8-15-13(20)6-12(19)7-21-15;5-4-2-1-3-4/h1-4,6-7H,5,8H2,(H,22,24)(H,23,25);4-5H,1-3H2. The molecule has 1 aliphatic rings. The summed E-state index contributed by atoms with van der Waals surface area (Å²) >= 11 is 0. The van der Waals surface area contributed by atoms with E-state index < -0.39 is 28.9 Å². The summed E-state index contributed by atoms with van der Waals surface area (Å²) in [5.41, 5.74) is 0.000802. The lowest BCUT2D eigenvalue weighted by Crippen LogP contribution is -2.28. The molecular formula is C21H20F3N3O3. The molecular weight excluding hydrogens is 399 g/mol. The molecule has 1 amide bonds. The molecule has 30 heavy (non-hydrogen) atoms. The van der Waals surface area contributed by atoms with Crippen molar-refractivity contribution in [1.82, 2.24) is 15.3 Å². The molecule has 1 aliphatic carbocycles. The maximum Gasteiger partial charge on any atom is 0.252 e. The van der Waals surface area contributed by atoms with Crippen molar-refractivity contribution in [3.8, 4) is 0 Å². The third-order valence-electron chi connectivity index (χ3n) is 4.65. The molecule has 0 bridgehead atoms. The maximum absolute atomic E-state index is 13.5. The van der Waals surface area contributed by atoms with Crippen LogP contribution in [0, 0.1) is 17.5 Å². The zero-order valence-corrected chi connectivity index (χ0v) is 15.9. The first kappa shape index (κ1) is 21.5. The Hall–Kier alpha value is -3.20. The zero-order chi connectivity index (χ0) is 21.7. The highest BCUT2D eigenvalue weighted by Gasteiger charge is 2.12. The van der Waals surface area contributed by atoms with Crippen LogP contribution in [-0.2, 0) is 17.8 Å². The van der Waals surface area contributed by atoms with E-state index in [9.17, 15) is 22.8 Å². The fourth-order valence-electron chi connectivity index (χ4n) is 2.73. The molecule has 0 aliphatic heterocycles. The Morgan fingerprint density at radius 2 is 1.90 bits per heavy atom. The molecule has 6 nitrogen and oxygen atoms in total. The number of rotatable bonds is 4. The molecule has 0 atom stereocenters. The highest BCUT2D eigenvalue weighted by atomic mass is 19.1. The molecule has 1 aromatic carbocycles. The first-order valence-corrected chi connectivity index (χ1v) is 9.38. The second-order valence-corrected chi connectivity index (χ2v) is 6.98. The van der Waals surface area contributed by atoms with Crippen LogP contribution in [0.5, 0.6) is 0 Å². The summed E-state index contributed by atoms with van der Waals surface area (Å²) in [6.07, 6.45) is 3.95. The van der Waals surface area contributed by atoms with Gasteiger partial charge in [0, 0.05) is 22.5 Å². The number of halogens is 3. The van der Waals surface area contributed by atoms with E-state index in [0.29, 0.717) is 17.0 Å². The molecule has 3 N–H and O–H groups in total. The number of hydrogen-bond acceptors (Lipinski definition) is 4. The Bertz CT molecular complexity index is 1110. The highest BCUT2D eigenvalue weighted by molar-refractivity contribution is 5.82. The smallest absolute Gasteiger partial charge is 0.252 e. The number of aromatic amines is 1. The molecule has 2 heterocycles. The number of aliphatic hydroxyl groups is 1. The van der Waals surface area contributed by atoms with E-state index in [1.165, 1.54) is 30.7 Å². The fourth-order valence-corrected chi connectivity index (χ4v) is 2.73. The summed E-state index contributed by atoms with van der Waals surface area (Å²) in [7, 11) is 0. The second-order valence-electron chi connectivity index (χ2n) is 6.98. The number of nitrogens with zero attached hydrogens (tertiary/aromatic N) is 1. The topological polar surface area (TPSA) is 95.1 Å². The van der Waals surface area contributed by atoms with Gasteiger partial charge >= 0.3 is 0 Å². The molecule has 0 radical (unpaired) electrons. The molecule has 9 heteroatoms. The number of pyridine rings is 2. The van der Waals surface area contributed by atoms with E-state index in [1.807, 2.05) is 0 Å². The van der Waals surface area contributed by atoms with Crippen LogP contribution in [0.2, 0.25) is 0 Å². The predicted octanol–water partition coefficient (Wildman–Crippen LogP) is 2.73. The number of benzene rings is 1. The number of H-pyrrole nitrogens is 1. The van der Waals surface area contributed by atoms with Crippen molar-refractivity contribution in [3.63, 3.8) is 0 Å². The van der Waals surface area contributed by atoms with Crippen molar-refractivity contribution in [2.45, 2.75) is 38.3 Å². The molecule has 0 spiro atoms. The summed E-state index contributed by atoms with van der Waals surface area (Å²) in [5.74, 6) is -2.71. The van der Waals surface area contributed by atoms with Crippen molar-refractivity contribution in [2.24, 2.45) is 0 Å². The average molecular weight is 419 g/mol. The number of carbonyl (C=O) groups excluding carboxylic acids is 1. The summed E-state index contributed by atoms with van der Waals surface area (Å²) in [6, 6.07) is 5.98. The van der Waals surface area contributed by atoms with Gasteiger partial charge in [-0.1, -0.05) is 0 Å². The number of nitrogens with one attached hydrogen (secondary N) is 2. The van der Waals surface area contributed by atoms with E-state index in [1.54, 1.807) is 0 Å². The molecule has 2 aromatic heterocycles. The van der Waals surface area contributed by atoms with Gasteiger partial charge in [-0.2, -0.15) is 0 Å². The average Bonchev–Trinajstić information content (AvgIpc) is 2.67.